The molecule has 1 saturated heterocycles. The first kappa shape index (κ1) is 15.7. The Morgan fingerprint density at radius 2 is 2.05 bits per heavy atom. The molecular weight excluding hydrogens is 273 g/mol. The molecule has 2 rings (SSSR count). The topological polar surface area (TPSA) is 58.8 Å². The number of halogens is 1. The van der Waals surface area contributed by atoms with E-state index in [0.29, 0.717) is 25.3 Å². The van der Waals surface area contributed by atoms with Gasteiger partial charge in [0.05, 0.1) is 6.61 Å². The number of carbonyl (C=O) groups is 1. The summed E-state index contributed by atoms with van der Waals surface area (Å²) in [6, 6.07) is 5.06. The van der Waals surface area contributed by atoms with Crippen LogP contribution in [0.2, 0.25) is 0 Å². The second-order valence-electron chi connectivity index (χ2n) is 5.09. The summed E-state index contributed by atoms with van der Waals surface area (Å²) in [6.45, 7) is 6.03. The monoisotopic (exact) mass is 295 g/mol. The van der Waals surface area contributed by atoms with Crippen LogP contribution in [0.3, 0.4) is 0 Å². The zero-order chi connectivity index (χ0) is 15.2. The Kier molecular flexibility index (Phi) is 5.52. The van der Waals surface area contributed by atoms with Crippen LogP contribution in [0.4, 0.5) is 9.18 Å². The SMILES string of the molecule is CCOC(=O)N1CCN(Cc2ccc(F)c(CN)c2)CC1. The zero-order valence-electron chi connectivity index (χ0n) is 12.3. The van der Waals surface area contributed by atoms with Crippen LogP contribution in [0.5, 0.6) is 0 Å². The van der Waals surface area contributed by atoms with Crippen LogP contribution < -0.4 is 5.73 Å². The molecule has 1 amide bonds. The molecule has 0 spiro atoms. The highest BCUT2D eigenvalue weighted by Gasteiger charge is 2.21. The summed E-state index contributed by atoms with van der Waals surface area (Å²) in [6.07, 6.45) is -0.246. The summed E-state index contributed by atoms with van der Waals surface area (Å²) >= 11 is 0. The lowest BCUT2D eigenvalue weighted by atomic mass is 10.1. The third-order valence-electron chi connectivity index (χ3n) is 3.63. The van der Waals surface area contributed by atoms with Crippen LogP contribution in [0.1, 0.15) is 18.1 Å². The number of carbonyl (C=O) groups excluding carboxylic acids is 1. The normalized spacial score (nSPS) is 16.0. The summed E-state index contributed by atoms with van der Waals surface area (Å²) < 4.78 is 18.4. The number of amides is 1. The highest BCUT2D eigenvalue weighted by atomic mass is 19.1. The van der Waals surface area contributed by atoms with Gasteiger partial charge in [0.2, 0.25) is 0 Å². The van der Waals surface area contributed by atoms with Crippen molar-refractivity contribution in [3.05, 3.63) is 35.1 Å². The number of benzene rings is 1. The molecule has 5 nitrogen and oxygen atoms in total. The molecule has 1 aliphatic heterocycles. The molecular formula is C15H22FN3O2. The molecule has 0 atom stereocenters. The number of nitrogens with two attached hydrogens (primary N) is 1. The van der Waals surface area contributed by atoms with Crippen molar-refractivity contribution in [1.29, 1.82) is 0 Å². The van der Waals surface area contributed by atoms with E-state index in [1.807, 2.05) is 6.07 Å². The first-order chi connectivity index (χ1) is 10.1. The fourth-order valence-corrected chi connectivity index (χ4v) is 2.44. The molecule has 0 unspecified atom stereocenters. The van der Waals surface area contributed by atoms with Crippen molar-refractivity contribution in [2.75, 3.05) is 32.8 Å². The lowest BCUT2D eigenvalue weighted by Gasteiger charge is -2.34. The van der Waals surface area contributed by atoms with Crippen molar-refractivity contribution < 1.29 is 13.9 Å². The highest BCUT2D eigenvalue weighted by Crippen LogP contribution is 2.14. The number of ether oxygens (including phenoxy) is 1. The van der Waals surface area contributed by atoms with Crippen molar-refractivity contribution in [2.24, 2.45) is 5.73 Å². The quantitative estimate of drug-likeness (QED) is 0.916. The van der Waals surface area contributed by atoms with E-state index in [1.165, 1.54) is 6.07 Å². The second-order valence-corrected chi connectivity index (χ2v) is 5.09. The average Bonchev–Trinajstić information content (AvgIpc) is 2.50. The van der Waals surface area contributed by atoms with Gasteiger partial charge in [-0.15, -0.1) is 0 Å². The van der Waals surface area contributed by atoms with E-state index in [-0.39, 0.29) is 18.5 Å². The molecule has 21 heavy (non-hydrogen) atoms. The molecule has 0 bridgehead atoms. The molecule has 0 saturated carbocycles. The van der Waals surface area contributed by atoms with E-state index >= 15 is 0 Å². The third-order valence-corrected chi connectivity index (χ3v) is 3.63. The van der Waals surface area contributed by atoms with E-state index in [2.05, 4.69) is 4.90 Å². The number of nitrogens with zero attached hydrogens (tertiary/aromatic N) is 2. The average molecular weight is 295 g/mol. The van der Waals surface area contributed by atoms with Gasteiger partial charge in [0, 0.05) is 44.8 Å². The summed E-state index contributed by atoms with van der Waals surface area (Å²) in [4.78, 5) is 15.6. The first-order valence-corrected chi connectivity index (χ1v) is 7.25. The molecule has 0 radical (unpaired) electrons. The van der Waals surface area contributed by atoms with E-state index < -0.39 is 0 Å². The molecule has 0 aliphatic carbocycles. The second kappa shape index (κ2) is 7.38. The summed E-state index contributed by atoms with van der Waals surface area (Å²) in [5.74, 6) is -0.256. The summed E-state index contributed by atoms with van der Waals surface area (Å²) in [7, 11) is 0. The van der Waals surface area contributed by atoms with Crippen molar-refractivity contribution in [3.63, 3.8) is 0 Å². The third kappa shape index (κ3) is 4.15. The Hall–Kier alpha value is -1.66. The van der Waals surface area contributed by atoms with Crippen LogP contribution in [-0.4, -0.2) is 48.7 Å². The zero-order valence-corrected chi connectivity index (χ0v) is 12.3. The van der Waals surface area contributed by atoms with Crippen LogP contribution in [0.25, 0.3) is 0 Å². The molecule has 0 aromatic heterocycles. The van der Waals surface area contributed by atoms with Gasteiger partial charge in [0.15, 0.2) is 0 Å². The van der Waals surface area contributed by atoms with Gasteiger partial charge in [-0.25, -0.2) is 9.18 Å². The molecule has 6 heteroatoms. The predicted octanol–water partition coefficient (Wildman–Crippen LogP) is 1.56. The standard InChI is InChI=1S/C15H22FN3O2/c1-2-21-15(20)19-7-5-18(6-8-19)11-12-3-4-14(16)13(9-12)10-17/h3-4,9H,2,5-8,10-11,17H2,1H3. The van der Waals surface area contributed by atoms with Gasteiger partial charge < -0.3 is 15.4 Å². The summed E-state index contributed by atoms with van der Waals surface area (Å²) in [5.41, 5.74) is 7.10. The number of hydrogen-bond donors (Lipinski definition) is 1. The Morgan fingerprint density at radius 3 is 2.67 bits per heavy atom. The predicted molar refractivity (Wildman–Crippen MR) is 78.2 cm³/mol. The van der Waals surface area contributed by atoms with Crippen LogP contribution in [0, 0.1) is 5.82 Å². The maximum absolute atomic E-state index is 13.4. The van der Waals surface area contributed by atoms with E-state index in [1.54, 1.807) is 17.9 Å². The van der Waals surface area contributed by atoms with E-state index in [9.17, 15) is 9.18 Å². The van der Waals surface area contributed by atoms with Crippen molar-refractivity contribution in [2.45, 2.75) is 20.0 Å². The number of piperazine rings is 1. The molecule has 1 aliphatic rings. The van der Waals surface area contributed by atoms with E-state index in [4.69, 9.17) is 10.5 Å². The molecule has 116 valence electrons. The Balaban J connectivity index is 1.87. The highest BCUT2D eigenvalue weighted by molar-refractivity contribution is 5.67. The minimum atomic E-state index is -0.256. The minimum Gasteiger partial charge on any atom is -0.450 e. The van der Waals surface area contributed by atoms with Crippen molar-refractivity contribution in [3.8, 4) is 0 Å². The fraction of sp³-hybridized carbons (Fsp3) is 0.533. The molecule has 1 heterocycles. The number of rotatable bonds is 4. The van der Waals surface area contributed by atoms with Crippen LogP contribution in [-0.2, 0) is 17.8 Å². The van der Waals surface area contributed by atoms with Gasteiger partial charge in [-0.1, -0.05) is 12.1 Å². The molecule has 1 aromatic carbocycles. The Morgan fingerprint density at radius 1 is 1.33 bits per heavy atom. The lowest BCUT2D eigenvalue weighted by Crippen LogP contribution is -2.48. The molecule has 1 aromatic rings. The van der Waals surface area contributed by atoms with Crippen LogP contribution in [0.15, 0.2) is 18.2 Å². The first-order valence-electron chi connectivity index (χ1n) is 7.25. The van der Waals surface area contributed by atoms with Crippen LogP contribution >= 0.6 is 0 Å². The van der Waals surface area contributed by atoms with Gasteiger partial charge in [-0.05, 0) is 18.6 Å². The maximum atomic E-state index is 13.4. The Labute approximate surface area is 124 Å². The van der Waals surface area contributed by atoms with Crippen molar-refractivity contribution >= 4 is 6.09 Å². The van der Waals surface area contributed by atoms with Crippen molar-refractivity contribution in [1.82, 2.24) is 9.80 Å². The molecule has 2 N–H and O–H groups in total. The van der Waals surface area contributed by atoms with Gasteiger partial charge in [-0.3, -0.25) is 4.90 Å². The minimum absolute atomic E-state index is 0.205. The van der Waals surface area contributed by atoms with E-state index in [0.717, 1.165) is 25.2 Å². The molecule has 1 fully saturated rings. The smallest absolute Gasteiger partial charge is 0.409 e. The number of hydrogen-bond acceptors (Lipinski definition) is 4. The fourth-order valence-electron chi connectivity index (χ4n) is 2.44. The summed E-state index contributed by atoms with van der Waals surface area (Å²) in [5, 5.41) is 0. The van der Waals surface area contributed by atoms with Gasteiger partial charge in [0.25, 0.3) is 0 Å². The maximum Gasteiger partial charge on any atom is 0.409 e. The lowest BCUT2D eigenvalue weighted by molar-refractivity contribution is 0.0778. The van der Waals surface area contributed by atoms with Gasteiger partial charge >= 0.3 is 6.09 Å². The Bertz CT molecular complexity index is 488. The van der Waals surface area contributed by atoms with Gasteiger partial charge in [0.1, 0.15) is 5.82 Å². The largest absolute Gasteiger partial charge is 0.450 e. The van der Waals surface area contributed by atoms with Gasteiger partial charge in [-0.2, -0.15) is 0 Å².